The summed E-state index contributed by atoms with van der Waals surface area (Å²) in [5.74, 6) is 1.34. The van der Waals surface area contributed by atoms with Crippen LogP contribution in [0.4, 0.5) is 5.69 Å². The maximum absolute atomic E-state index is 12.3. The lowest BCUT2D eigenvalue weighted by atomic mass is 9.96. The molecule has 1 aliphatic heterocycles. The lowest BCUT2D eigenvalue weighted by Gasteiger charge is -2.32. The zero-order valence-electron chi connectivity index (χ0n) is 15.3. The summed E-state index contributed by atoms with van der Waals surface area (Å²) in [7, 11) is 1.69. The summed E-state index contributed by atoms with van der Waals surface area (Å²) in [6.45, 7) is 3.78. The van der Waals surface area contributed by atoms with E-state index in [1.807, 2.05) is 24.3 Å². The average Bonchev–Trinajstić information content (AvgIpc) is 2.68. The number of piperidine rings is 1. The smallest absolute Gasteiger partial charge is 0.253 e. The highest BCUT2D eigenvalue weighted by Crippen LogP contribution is 2.20. The molecule has 3 N–H and O–H groups in total. The Balaban J connectivity index is 1.42. The van der Waals surface area contributed by atoms with Crippen molar-refractivity contribution in [1.82, 2.24) is 10.2 Å². The summed E-state index contributed by atoms with van der Waals surface area (Å²) in [5.41, 5.74) is 8.25. The highest BCUT2D eigenvalue weighted by atomic mass is 16.5. The number of amides is 1. The predicted octanol–water partition coefficient (Wildman–Crippen LogP) is 2.92. The fourth-order valence-electron chi connectivity index (χ4n) is 3.37. The van der Waals surface area contributed by atoms with Crippen molar-refractivity contribution in [3.05, 3.63) is 59.7 Å². The van der Waals surface area contributed by atoms with Gasteiger partial charge in [-0.25, -0.2) is 0 Å². The molecule has 0 spiro atoms. The van der Waals surface area contributed by atoms with E-state index < -0.39 is 0 Å². The number of nitrogens with one attached hydrogen (secondary N) is 1. The van der Waals surface area contributed by atoms with Gasteiger partial charge in [0, 0.05) is 18.8 Å². The van der Waals surface area contributed by atoms with Gasteiger partial charge in [-0.3, -0.25) is 9.69 Å². The maximum Gasteiger partial charge on any atom is 0.253 e. The van der Waals surface area contributed by atoms with E-state index in [9.17, 15) is 4.79 Å². The number of ether oxygens (including phenoxy) is 1. The molecule has 1 amide bonds. The Morgan fingerprint density at radius 2 is 1.85 bits per heavy atom. The van der Waals surface area contributed by atoms with Crippen LogP contribution in [0.5, 0.6) is 5.75 Å². The van der Waals surface area contributed by atoms with E-state index in [1.54, 1.807) is 19.2 Å². The van der Waals surface area contributed by atoms with E-state index in [0.29, 0.717) is 23.7 Å². The quantitative estimate of drug-likeness (QED) is 0.784. The lowest BCUT2D eigenvalue weighted by Crippen LogP contribution is -2.38. The number of hydrogen-bond acceptors (Lipinski definition) is 4. The number of likely N-dealkylation sites (tertiary alicyclic amines) is 1. The second-order valence-electron chi connectivity index (χ2n) is 6.86. The molecular formula is C21H27N3O2. The highest BCUT2D eigenvalue weighted by Gasteiger charge is 2.20. The van der Waals surface area contributed by atoms with E-state index >= 15 is 0 Å². The van der Waals surface area contributed by atoms with Crippen molar-refractivity contribution in [2.45, 2.75) is 19.4 Å². The maximum atomic E-state index is 12.3. The van der Waals surface area contributed by atoms with Gasteiger partial charge in [-0.2, -0.15) is 0 Å². The first kappa shape index (κ1) is 18.3. The molecule has 5 nitrogen and oxygen atoms in total. The topological polar surface area (TPSA) is 67.6 Å². The summed E-state index contributed by atoms with van der Waals surface area (Å²) < 4.78 is 5.20. The minimum absolute atomic E-state index is 0.0798. The van der Waals surface area contributed by atoms with Gasteiger partial charge in [-0.1, -0.05) is 24.3 Å². The molecule has 1 aliphatic rings. The van der Waals surface area contributed by atoms with Gasteiger partial charge in [0.05, 0.1) is 12.7 Å². The monoisotopic (exact) mass is 353 g/mol. The summed E-state index contributed by atoms with van der Waals surface area (Å²) in [4.78, 5) is 14.7. The molecule has 1 fully saturated rings. The summed E-state index contributed by atoms with van der Waals surface area (Å²) in [5, 5.41) is 3.04. The van der Waals surface area contributed by atoms with E-state index in [0.717, 1.165) is 38.2 Å². The Morgan fingerprint density at radius 3 is 2.50 bits per heavy atom. The minimum atomic E-state index is -0.0798. The summed E-state index contributed by atoms with van der Waals surface area (Å²) in [6, 6.07) is 15.5. The molecule has 1 saturated heterocycles. The Kier molecular flexibility index (Phi) is 6.12. The number of benzene rings is 2. The van der Waals surface area contributed by atoms with Gasteiger partial charge in [0.15, 0.2) is 0 Å². The molecule has 2 aromatic carbocycles. The lowest BCUT2D eigenvalue weighted by molar-refractivity contribution is 0.0936. The van der Waals surface area contributed by atoms with Crippen LogP contribution in [0.3, 0.4) is 0 Å². The van der Waals surface area contributed by atoms with Crippen LogP contribution in [-0.2, 0) is 6.54 Å². The molecule has 5 heteroatoms. The van der Waals surface area contributed by atoms with Crippen LogP contribution < -0.4 is 15.8 Å². The van der Waals surface area contributed by atoms with Crippen LogP contribution in [0.1, 0.15) is 28.8 Å². The van der Waals surface area contributed by atoms with Crippen LogP contribution in [0.25, 0.3) is 0 Å². The van der Waals surface area contributed by atoms with E-state index in [-0.39, 0.29) is 5.91 Å². The number of carbonyl (C=O) groups is 1. The Hall–Kier alpha value is -2.53. The number of methoxy groups -OCH3 is 1. The van der Waals surface area contributed by atoms with E-state index in [1.165, 1.54) is 5.56 Å². The van der Waals surface area contributed by atoms with Crippen molar-refractivity contribution in [3.8, 4) is 5.75 Å². The van der Waals surface area contributed by atoms with Gasteiger partial charge < -0.3 is 15.8 Å². The van der Waals surface area contributed by atoms with Crippen LogP contribution in [0.15, 0.2) is 48.5 Å². The fraction of sp³-hybridized carbons (Fsp3) is 0.381. The number of anilines is 1. The fourth-order valence-corrected chi connectivity index (χ4v) is 3.37. The molecule has 26 heavy (non-hydrogen) atoms. The number of para-hydroxylation sites is 1. The molecule has 1 heterocycles. The zero-order valence-corrected chi connectivity index (χ0v) is 15.3. The second kappa shape index (κ2) is 8.72. The molecule has 0 radical (unpaired) electrons. The molecule has 138 valence electrons. The minimum Gasteiger partial charge on any atom is -0.497 e. The largest absolute Gasteiger partial charge is 0.497 e. The molecule has 0 aromatic heterocycles. The first-order valence-corrected chi connectivity index (χ1v) is 9.13. The number of nitrogen functional groups attached to an aromatic ring is 1. The Labute approximate surface area is 155 Å². The van der Waals surface area contributed by atoms with Gasteiger partial charge in [0.1, 0.15) is 5.75 Å². The van der Waals surface area contributed by atoms with Gasteiger partial charge >= 0.3 is 0 Å². The van der Waals surface area contributed by atoms with Crippen LogP contribution in [0, 0.1) is 5.92 Å². The number of carbonyl (C=O) groups excluding carboxylic acids is 1. The number of hydrogen-bond donors (Lipinski definition) is 2. The normalized spacial score (nSPS) is 15.6. The first-order chi connectivity index (χ1) is 12.7. The molecule has 2 aromatic rings. The number of nitrogens with zero attached hydrogens (tertiary/aromatic N) is 1. The number of nitrogens with two attached hydrogens (primary N) is 1. The van der Waals surface area contributed by atoms with Gasteiger partial charge in [0.2, 0.25) is 0 Å². The average molecular weight is 353 g/mol. The van der Waals surface area contributed by atoms with Crippen molar-refractivity contribution in [2.24, 2.45) is 5.92 Å². The second-order valence-corrected chi connectivity index (χ2v) is 6.86. The van der Waals surface area contributed by atoms with Crippen molar-refractivity contribution in [2.75, 3.05) is 32.5 Å². The van der Waals surface area contributed by atoms with Gasteiger partial charge in [-0.05, 0) is 61.7 Å². The summed E-state index contributed by atoms with van der Waals surface area (Å²) in [6.07, 6.45) is 2.20. The number of rotatable bonds is 6. The third-order valence-electron chi connectivity index (χ3n) is 5.03. The van der Waals surface area contributed by atoms with Crippen LogP contribution in [-0.4, -0.2) is 37.6 Å². The molecule has 0 unspecified atom stereocenters. The first-order valence-electron chi connectivity index (χ1n) is 9.13. The van der Waals surface area contributed by atoms with E-state index in [2.05, 4.69) is 22.3 Å². The zero-order chi connectivity index (χ0) is 18.4. The predicted molar refractivity (Wildman–Crippen MR) is 104 cm³/mol. The molecule has 3 rings (SSSR count). The Bertz CT molecular complexity index is 722. The standard InChI is InChI=1S/C21H27N3O2/c1-26-18-8-6-17(7-9-18)15-24-12-10-16(11-13-24)14-23-21(25)19-4-2-3-5-20(19)22/h2-9,16H,10-15,22H2,1H3,(H,23,25). The van der Waals surface area contributed by atoms with Crippen molar-refractivity contribution in [1.29, 1.82) is 0 Å². The third kappa shape index (κ3) is 4.76. The molecular weight excluding hydrogens is 326 g/mol. The van der Waals surface area contributed by atoms with Gasteiger partial charge in [0.25, 0.3) is 5.91 Å². The van der Waals surface area contributed by atoms with Crippen LogP contribution >= 0.6 is 0 Å². The van der Waals surface area contributed by atoms with Crippen molar-refractivity contribution >= 4 is 11.6 Å². The van der Waals surface area contributed by atoms with Crippen LogP contribution in [0.2, 0.25) is 0 Å². The molecule has 0 bridgehead atoms. The van der Waals surface area contributed by atoms with Gasteiger partial charge in [-0.15, -0.1) is 0 Å². The molecule has 0 aliphatic carbocycles. The summed E-state index contributed by atoms with van der Waals surface area (Å²) >= 11 is 0. The SMILES string of the molecule is COc1ccc(CN2CCC(CNC(=O)c3ccccc3N)CC2)cc1. The molecule has 0 saturated carbocycles. The third-order valence-corrected chi connectivity index (χ3v) is 5.03. The van der Waals surface area contributed by atoms with Crippen molar-refractivity contribution < 1.29 is 9.53 Å². The van der Waals surface area contributed by atoms with E-state index in [4.69, 9.17) is 10.5 Å². The highest BCUT2D eigenvalue weighted by molar-refractivity contribution is 5.99. The Morgan fingerprint density at radius 1 is 1.15 bits per heavy atom. The molecule has 0 atom stereocenters. The van der Waals surface area contributed by atoms with Crippen molar-refractivity contribution in [3.63, 3.8) is 0 Å².